The van der Waals surface area contributed by atoms with E-state index >= 15 is 0 Å². The Morgan fingerprint density at radius 1 is 0.926 bits per heavy atom. The van der Waals surface area contributed by atoms with Gasteiger partial charge in [-0.05, 0) is 49.6 Å². The molecule has 0 spiro atoms. The van der Waals surface area contributed by atoms with Gasteiger partial charge in [0.2, 0.25) is 0 Å². The minimum Gasteiger partial charge on any atom is -0.426 e. The van der Waals surface area contributed by atoms with Crippen molar-refractivity contribution in [2.75, 3.05) is 13.6 Å². The topological polar surface area (TPSA) is 63.7 Å². The Morgan fingerprint density at radius 2 is 1.59 bits per heavy atom. The van der Waals surface area contributed by atoms with Crippen LogP contribution in [0.5, 0.6) is 5.75 Å². The van der Waals surface area contributed by atoms with Crippen LogP contribution in [0.25, 0.3) is 0 Å². The van der Waals surface area contributed by atoms with E-state index < -0.39 is 0 Å². The Hall–Kier alpha value is -2.95. The molecule has 0 N–H and O–H groups in total. The lowest BCUT2D eigenvalue weighted by Crippen LogP contribution is -2.29. The van der Waals surface area contributed by atoms with E-state index in [1.54, 1.807) is 50.4 Å². The lowest BCUT2D eigenvalue weighted by molar-refractivity contribution is -0.134. The molecule has 0 aliphatic rings. The smallest absolute Gasteiger partial charge is 0.312 e. The SMILES string of the molecule is CC(=O)CCCc1ccc(C(=O)N(C)CCC(=O)Oc2ccccc2)cc1. The van der Waals surface area contributed by atoms with Crippen molar-refractivity contribution < 1.29 is 19.1 Å². The van der Waals surface area contributed by atoms with Crippen LogP contribution in [0.2, 0.25) is 0 Å². The van der Waals surface area contributed by atoms with E-state index in [4.69, 9.17) is 4.74 Å². The van der Waals surface area contributed by atoms with Gasteiger partial charge in [-0.15, -0.1) is 0 Å². The Labute approximate surface area is 159 Å². The number of ketones is 1. The van der Waals surface area contributed by atoms with Crippen molar-refractivity contribution in [2.45, 2.75) is 32.6 Å². The van der Waals surface area contributed by atoms with Gasteiger partial charge < -0.3 is 14.4 Å². The first-order valence-electron chi connectivity index (χ1n) is 9.05. The van der Waals surface area contributed by atoms with Crippen molar-refractivity contribution in [2.24, 2.45) is 0 Å². The van der Waals surface area contributed by atoms with E-state index in [0.717, 1.165) is 18.4 Å². The molecule has 0 aromatic heterocycles. The summed E-state index contributed by atoms with van der Waals surface area (Å²) in [5.41, 5.74) is 1.67. The molecule has 2 aromatic carbocycles. The molecule has 0 aliphatic carbocycles. The van der Waals surface area contributed by atoms with Crippen LogP contribution < -0.4 is 4.74 Å². The molecule has 0 heterocycles. The van der Waals surface area contributed by atoms with Crippen LogP contribution in [0, 0.1) is 0 Å². The van der Waals surface area contributed by atoms with Gasteiger partial charge in [-0.3, -0.25) is 9.59 Å². The fourth-order valence-corrected chi connectivity index (χ4v) is 2.61. The summed E-state index contributed by atoms with van der Waals surface area (Å²) >= 11 is 0. The van der Waals surface area contributed by atoms with E-state index in [9.17, 15) is 14.4 Å². The lowest BCUT2D eigenvalue weighted by atomic mass is 10.0. The second-order valence-electron chi connectivity index (χ2n) is 6.52. The third-order valence-electron chi connectivity index (χ3n) is 4.17. The molecule has 5 heteroatoms. The second-order valence-corrected chi connectivity index (χ2v) is 6.52. The zero-order valence-corrected chi connectivity index (χ0v) is 15.8. The third-order valence-corrected chi connectivity index (χ3v) is 4.17. The molecule has 142 valence electrons. The van der Waals surface area contributed by atoms with E-state index in [-0.39, 0.29) is 30.6 Å². The Kier molecular flexibility index (Phi) is 7.74. The molecule has 27 heavy (non-hydrogen) atoms. The van der Waals surface area contributed by atoms with Crippen LogP contribution >= 0.6 is 0 Å². The summed E-state index contributed by atoms with van der Waals surface area (Å²) in [7, 11) is 1.67. The van der Waals surface area contributed by atoms with Crippen LogP contribution in [0.15, 0.2) is 54.6 Å². The van der Waals surface area contributed by atoms with Gasteiger partial charge in [0.15, 0.2) is 0 Å². The number of ether oxygens (including phenoxy) is 1. The number of esters is 1. The second kappa shape index (κ2) is 10.3. The number of amides is 1. The molecule has 0 saturated carbocycles. The van der Waals surface area contributed by atoms with Crippen molar-refractivity contribution in [1.82, 2.24) is 4.90 Å². The molecule has 2 aromatic rings. The van der Waals surface area contributed by atoms with E-state index in [1.807, 2.05) is 18.2 Å². The predicted octanol–water partition coefficient (Wildman–Crippen LogP) is 3.67. The molecule has 0 fully saturated rings. The first-order chi connectivity index (χ1) is 13.0. The maximum atomic E-state index is 12.5. The highest BCUT2D eigenvalue weighted by atomic mass is 16.5. The molecular weight excluding hydrogens is 342 g/mol. The summed E-state index contributed by atoms with van der Waals surface area (Å²) in [6, 6.07) is 16.2. The van der Waals surface area contributed by atoms with Crippen molar-refractivity contribution in [3.8, 4) is 5.75 Å². The lowest BCUT2D eigenvalue weighted by Gasteiger charge is -2.17. The zero-order chi connectivity index (χ0) is 19.6. The average Bonchev–Trinajstić information content (AvgIpc) is 2.66. The number of benzene rings is 2. The first kappa shape index (κ1) is 20.4. The van der Waals surface area contributed by atoms with Gasteiger partial charge in [0.25, 0.3) is 5.91 Å². The van der Waals surface area contributed by atoms with Crippen LogP contribution in [0.1, 0.15) is 42.1 Å². The van der Waals surface area contributed by atoms with Crippen molar-refractivity contribution in [3.63, 3.8) is 0 Å². The van der Waals surface area contributed by atoms with Crippen LogP contribution in [0.3, 0.4) is 0 Å². The van der Waals surface area contributed by atoms with Gasteiger partial charge in [0.05, 0.1) is 6.42 Å². The number of para-hydroxylation sites is 1. The van der Waals surface area contributed by atoms with Crippen molar-refractivity contribution in [1.29, 1.82) is 0 Å². The summed E-state index contributed by atoms with van der Waals surface area (Å²) in [5.74, 6) is 0.172. The molecule has 5 nitrogen and oxygen atoms in total. The quantitative estimate of drug-likeness (QED) is 0.501. The largest absolute Gasteiger partial charge is 0.426 e. The summed E-state index contributed by atoms with van der Waals surface area (Å²) in [6.45, 7) is 1.87. The number of rotatable bonds is 9. The van der Waals surface area contributed by atoms with E-state index in [1.165, 1.54) is 4.90 Å². The summed E-state index contributed by atoms with van der Waals surface area (Å²) in [4.78, 5) is 36.8. The summed E-state index contributed by atoms with van der Waals surface area (Å²) < 4.78 is 5.22. The highest BCUT2D eigenvalue weighted by Crippen LogP contribution is 2.12. The fourth-order valence-electron chi connectivity index (χ4n) is 2.61. The Bertz CT molecular complexity index is 769. The standard InChI is InChI=1S/C22H25NO4/c1-17(24)7-6-8-18-11-13-19(14-12-18)22(26)23(2)16-15-21(25)27-20-9-4-3-5-10-20/h3-5,9-14H,6-8,15-16H2,1-2H3. The first-order valence-corrected chi connectivity index (χ1v) is 9.05. The molecular formula is C22H25NO4. The van der Waals surface area contributed by atoms with E-state index in [2.05, 4.69) is 0 Å². The predicted molar refractivity (Wildman–Crippen MR) is 104 cm³/mol. The highest BCUT2D eigenvalue weighted by molar-refractivity contribution is 5.94. The van der Waals surface area contributed by atoms with Crippen LogP contribution in [-0.4, -0.2) is 36.2 Å². The monoisotopic (exact) mass is 367 g/mol. The van der Waals surface area contributed by atoms with E-state index in [0.29, 0.717) is 17.7 Å². The number of nitrogens with zero attached hydrogens (tertiary/aromatic N) is 1. The van der Waals surface area contributed by atoms with Gasteiger partial charge in [-0.25, -0.2) is 0 Å². The average molecular weight is 367 g/mol. The third kappa shape index (κ3) is 7.05. The highest BCUT2D eigenvalue weighted by Gasteiger charge is 2.14. The van der Waals surface area contributed by atoms with Gasteiger partial charge in [-0.2, -0.15) is 0 Å². The van der Waals surface area contributed by atoms with Crippen molar-refractivity contribution in [3.05, 3.63) is 65.7 Å². The number of carbonyl (C=O) groups excluding carboxylic acids is 3. The number of carbonyl (C=O) groups is 3. The maximum absolute atomic E-state index is 12.5. The number of Topliss-reactive ketones (excluding diaryl/α,β-unsaturated/α-hetero) is 1. The molecule has 0 unspecified atom stereocenters. The fraction of sp³-hybridized carbons (Fsp3) is 0.318. The molecule has 2 rings (SSSR count). The van der Waals surface area contributed by atoms with Gasteiger partial charge in [0, 0.05) is 25.6 Å². The normalized spacial score (nSPS) is 10.3. The molecule has 0 atom stereocenters. The summed E-state index contributed by atoms with van der Waals surface area (Å²) in [5, 5.41) is 0. The molecule has 0 aliphatic heterocycles. The number of hydrogen-bond acceptors (Lipinski definition) is 4. The van der Waals surface area contributed by atoms with Crippen molar-refractivity contribution >= 4 is 17.7 Å². The van der Waals surface area contributed by atoms with Crippen LogP contribution in [-0.2, 0) is 16.0 Å². The van der Waals surface area contributed by atoms with Gasteiger partial charge in [-0.1, -0.05) is 30.3 Å². The molecule has 1 amide bonds. The zero-order valence-electron chi connectivity index (χ0n) is 15.8. The minimum absolute atomic E-state index is 0.125. The van der Waals surface area contributed by atoms with Gasteiger partial charge in [0.1, 0.15) is 11.5 Å². The summed E-state index contributed by atoms with van der Waals surface area (Å²) in [6.07, 6.45) is 2.32. The molecule has 0 saturated heterocycles. The molecule has 0 radical (unpaired) electrons. The Balaban J connectivity index is 1.80. The number of aryl methyl sites for hydroxylation is 1. The van der Waals surface area contributed by atoms with Gasteiger partial charge >= 0.3 is 5.97 Å². The number of hydrogen-bond donors (Lipinski definition) is 0. The minimum atomic E-state index is -0.373. The Morgan fingerprint density at radius 3 is 2.22 bits per heavy atom. The maximum Gasteiger partial charge on any atom is 0.312 e. The van der Waals surface area contributed by atoms with Crippen LogP contribution in [0.4, 0.5) is 0 Å². The molecule has 0 bridgehead atoms.